The van der Waals surface area contributed by atoms with Gasteiger partial charge in [0.05, 0.1) is 12.1 Å². The Hall–Kier alpha value is -2.77. The SMILES string of the molecule is CC(CCC(=O)N([C@H]1CCCNCC1=O)S(=O)(=O)c1ccccc1C#N)C(N)=O. The highest BCUT2D eigenvalue weighted by Crippen LogP contribution is 2.26. The third-order valence-electron chi connectivity index (χ3n) is 4.85. The van der Waals surface area contributed by atoms with E-state index in [1.807, 2.05) is 6.07 Å². The summed E-state index contributed by atoms with van der Waals surface area (Å²) in [7, 11) is -4.46. The van der Waals surface area contributed by atoms with Gasteiger partial charge in [0.15, 0.2) is 5.78 Å². The van der Waals surface area contributed by atoms with Gasteiger partial charge in [0.2, 0.25) is 11.8 Å². The first-order valence-corrected chi connectivity index (χ1v) is 10.7. The smallest absolute Gasteiger partial charge is 0.268 e. The van der Waals surface area contributed by atoms with Crippen molar-refractivity contribution in [1.29, 1.82) is 5.26 Å². The van der Waals surface area contributed by atoms with Crippen molar-refractivity contribution in [2.24, 2.45) is 11.7 Å². The molecule has 1 heterocycles. The van der Waals surface area contributed by atoms with Crippen LogP contribution < -0.4 is 11.1 Å². The summed E-state index contributed by atoms with van der Waals surface area (Å²) in [5.41, 5.74) is 5.10. The fraction of sp³-hybridized carbons (Fsp3) is 0.474. The van der Waals surface area contributed by atoms with E-state index in [0.29, 0.717) is 17.3 Å². The Balaban J connectivity index is 2.48. The highest BCUT2D eigenvalue weighted by molar-refractivity contribution is 7.89. The van der Waals surface area contributed by atoms with Gasteiger partial charge in [-0.1, -0.05) is 19.1 Å². The van der Waals surface area contributed by atoms with Crippen molar-refractivity contribution in [2.75, 3.05) is 13.1 Å². The molecule has 29 heavy (non-hydrogen) atoms. The van der Waals surface area contributed by atoms with Crippen LogP contribution in [0.25, 0.3) is 0 Å². The largest absolute Gasteiger partial charge is 0.369 e. The van der Waals surface area contributed by atoms with Crippen molar-refractivity contribution in [3.05, 3.63) is 29.8 Å². The number of hydrogen-bond donors (Lipinski definition) is 2. The van der Waals surface area contributed by atoms with Crippen LogP contribution in [0.2, 0.25) is 0 Å². The number of carbonyl (C=O) groups excluding carboxylic acids is 3. The summed E-state index contributed by atoms with van der Waals surface area (Å²) in [5.74, 6) is -2.44. The van der Waals surface area contributed by atoms with Gasteiger partial charge in [-0.15, -0.1) is 0 Å². The average Bonchev–Trinajstić information content (AvgIpc) is 2.90. The maximum absolute atomic E-state index is 13.4. The molecule has 10 heteroatoms. The minimum Gasteiger partial charge on any atom is -0.369 e. The molecule has 1 aliphatic heterocycles. The Kier molecular flexibility index (Phi) is 7.47. The van der Waals surface area contributed by atoms with Crippen molar-refractivity contribution in [3.63, 3.8) is 0 Å². The molecule has 0 spiro atoms. The molecule has 3 N–H and O–H groups in total. The van der Waals surface area contributed by atoms with Crippen LogP contribution in [0, 0.1) is 17.2 Å². The van der Waals surface area contributed by atoms with Crippen LogP contribution in [-0.4, -0.2) is 49.5 Å². The normalized spacial score (nSPS) is 18.3. The zero-order chi connectivity index (χ0) is 21.6. The average molecular weight is 420 g/mol. The Labute approximate surface area is 169 Å². The van der Waals surface area contributed by atoms with Gasteiger partial charge in [0.25, 0.3) is 10.0 Å². The van der Waals surface area contributed by atoms with Gasteiger partial charge in [-0.25, -0.2) is 12.7 Å². The van der Waals surface area contributed by atoms with Gasteiger partial charge < -0.3 is 11.1 Å². The third kappa shape index (κ3) is 5.19. The van der Waals surface area contributed by atoms with E-state index in [2.05, 4.69) is 5.32 Å². The van der Waals surface area contributed by atoms with E-state index in [4.69, 9.17) is 5.73 Å². The van der Waals surface area contributed by atoms with Gasteiger partial charge >= 0.3 is 0 Å². The quantitative estimate of drug-likeness (QED) is 0.644. The molecule has 156 valence electrons. The molecule has 0 aromatic heterocycles. The second kappa shape index (κ2) is 9.62. The van der Waals surface area contributed by atoms with Crippen LogP contribution in [0.4, 0.5) is 0 Å². The van der Waals surface area contributed by atoms with E-state index < -0.39 is 39.6 Å². The second-order valence-electron chi connectivity index (χ2n) is 6.95. The van der Waals surface area contributed by atoms with Crippen molar-refractivity contribution in [2.45, 2.75) is 43.5 Å². The maximum Gasteiger partial charge on any atom is 0.268 e. The molecule has 1 aromatic carbocycles. The summed E-state index contributed by atoms with van der Waals surface area (Å²) in [6, 6.07) is 6.17. The summed E-state index contributed by atoms with van der Waals surface area (Å²) < 4.78 is 27.4. The number of Topliss-reactive ketones (excluding diaryl/α,β-unsaturated/α-hetero) is 1. The number of nitriles is 1. The number of rotatable bonds is 7. The maximum atomic E-state index is 13.4. The second-order valence-corrected chi connectivity index (χ2v) is 8.73. The molecular formula is C19H24N4O5S. The number of amides is 2. The molecule has 2 atom stereocenters. The van der Waals surface area contributed by atoms with Gasteiger partial charge in [-0.05, 0) is 37.9 Å². The molecule has 0 saturated carbocycles. The molecule has 1 aromatic rings. The molecule has 0 bridgehead atoms. The number of nitrogens with two attached hydrogens (primary N) is 1. The molecule has 0 radical (unpaired) electrons. The number of sulfonamides is 1. The van der Waals surface area contributed by atoms with E-state index in [9.17, 15) is 28.1 Å². The monoisotopic (exact) mass is 420 g/mol. The molecule has 2 amide bonds. The van der Waals surface area contributed by atoms with Crippen molar-refractivity contribution < 1.29 is 22.8 Å². The lowest BCUT2D eigenvalue weighted by Crippen LogP contribution is -2.49. The standard InChI is InChI=1S/C19H24N4O5S/c1-13(19(21)26)8-9-18(25)23(15-6-4-10-22-12-16(15)24)29(27,28)17-7-3-2-5-14(17)11-20/h2-3,5,7,13,15,22H,4,6,8-10,12H2,1H3,(H2,21,26)/t13?,15-/m0/s1. The first-order valence-electron chi connectivity index (χ1n) is 9.29. The number of primary amides is 1. The highest BCUT2D eigenvalue weighted by atomic mass is 32.2. The number of ketones is 1. The van der Waals surface area contributed by atoms with Gasteiger partial charge in [0, 0.05) is 12.3 Å². The van der Waals surface area contributed by atoms with E-state index in [1.54, 1.807) is 6.92 Å². The topological polar surface area (TPSA) is 150 Å². The molecule has 2 rings (SSSR count). The lowest BCUT2D eigenvalue weighted by molar-refractivity contribution is -0.134. The third-order valence-corrected chi connectivity index (χ3v) is 6.74. The number of hydrogen-bond acceptors (Lipinski definition) is 7. The minimum absolute atomic E-state index is 0.0540. The first kappa shape index (κ1) is 22.5. The summed E-state index contributed by atoms with van der Waals surface area (Å²) in [6.07, 6.45) is 0.471. The molecule has 0 aliphatic carbocycles. The van der Waals surface area contributed by atoms with Crippen LogP contribution in [0.1, 0.15) is 38.2 Å². The zero-order valence-electron chi connectivity index (χ0n) is 16.1. The van der Waals surface area contributed by atoms with Crippen LogP contribution in [0.5, 0.6) is 0 Å². The fourth-order valence-electron chi connectivity index (χ4n) is 3.12. The number of nitrogens with one attached hydrogen (secondary N) is 1. The van der Waals surface area contributed by atoms with E-state index in [1.165, 1.54) is 24.3 Å². The fourth-order valence-corrected chi connectivity index (χ4v) is 4.89. The van der Waals surface area contributed by atoms with Crippen molar-refractivity contribution in [1.82, 2.24) is 9.62 Å². The van der Waals surface area contributed by atoms with Crippen LogP contribution >= 0.6 is 0 Å². The summed E-state index contributed by atoms with van der Waals surface area (Å²) >= 11 is 0. The Morgan fingerprint density at radius 3 is 2.72 bits per heavy atom. The summed E-state index contributed by atoms with van der Waals surface area (Å²) in [4.78, 5) is 36.5. The highest BCUT2D eigenvalue weighted by Gasteiger charge is 2.40. The zero-order valence-corrected chi connectivity index (χ0v) is 16.9. The van der Waals surface area contributed by atoms with Crippen LogP contribution in [0.3, 0.4) is 0 Å². The molecule has 1 saturated heterocycles. The summed E-state index contributed by atoms with van der Waals surface area (Å²) in [6.45, 7) is 2.01. The van der Waals surface area contributed by atoms with E-state index in [-0.39, 0.29) is 36.3 Å². The molecule has 1 aliphatic rings. The lowest BCUT2D eigenvalue weighted by atomic mass is 10.0. The molecule has 1 unspecified atom stereocenters. The van der Waals surface area contributed by atoms with Crippen molar-refractivity contribution >= 4 is 27.6 Å². The van der Waals surface area contributed by atoms with Crippen molar-refractivity contribution in [3.8, 4) is 6.07 Å². The Bertz CT molecular complexity index is 938. The summed E-state index contributed by atoms with van der Waals surface area (Å²) in [5, 5.41) is 12.2. The number of benzene rings is 1. The Morgan fingerprint density at radius 2 is 2.07 bits per heavy atom. The lowest BCUT2D eigenvalue weighted by Gasteiger charge is -2.30. The number of nitrogens with zero attached hydrogens (tertiary/aromatic N) is 2. The van der Waals surface area contributed by atoms with Gasteiger partial charge in [-0.2, -0.15) is 5.26 Å². The molecule has 1 fully saturated rings. The Morgan fingerprint density at radius 1 is 1.38 bits per heavy atom. The predicted octanol–water partition coefficient (Wildman–Crippen LogP) is 0.298. The van der Waals surface area contributed by atoms with Crippen LogP contribution in [-0.2, 0) is 24.4 Å². The minimum atomic E-state index is -4.46. The van der Waals surface area contributed by atoms with E-state index >= 15 is 0 Å². The molecule has 9 nitrogen and oxygen atoms in total. The van der Waals surface area contributed by atoms with E-state index in [0.717, 1.165) is 0 Å². The van der Waals surface area contributed by atoms with Gasteiger partial charge in [0.1, 0.15) is 17.0 Å². The van der Waals surface area contributed by atoms with Crippen LogP contribution in [0.15, 0.2) is 29.2 Å². The van der Waals surface area contributed by atoms with Gasteiger partial charge in [-0.3, -0.25) is 14.4 Å². The molecular weight excluding hydrogens is 396 g/mol. The predicted molar refractivity (Wildman–Crippen MR) is 104 cm³/mol. The first-order chi connectivity index (χ1) is 13.7. The number of carbonyl (C=O) groups is 3.